The topological polar surface area (TPSA) is 102 Å². The monoisotopic (exact) mass is 547 g/mol. The van der Waals surface area contributed by atoms with Gasteiger partial charge >= 0.3 is 6.01 Å². The van der Waals surface area contributed by atoms with Crippen molar-refractivity contribution in [2.24, 2.45) is 5.92 Å². The molecule has 2 atom stereocenters. The van der Waals surface area contributed by atoms with Crippen LogP contribution in [0.1, 0.15) is 48.2 Å². The summed E-state index contributed by atoms with van der Waals surface area (Å²) in [6, 6.07) is 11.2. The van der Waals surface area contributed by atoms with Crippen LogP contribution < -0.4 is 14.5 Å². The minimum atomic E-state index is -0.850. The van der Waals surface area contributed by atoms with Crippen LogP contribution >= 0.6 is 0 Å². The molecule has 2 aromatic carbocycles. The zero-order chi connectivity index (χ0) is 27.4. The Balaban J connectivity index is 1.25. The Hall–Kier alpha value is -3.50. The number of hydrogen-bond donors (Lipinski definition) is 2. The molecule has 5 heterocycles. The number of ether oxygens (including phenoxy) is 1. The van der Waals surface area contributed by atoms with Crippen molar-refractivity contribution in [2.75, 3.05) is 49.2 Å². The van der Waals surface area contributed by atoms with E-state index in [9.17, 15) is 19.4 Å². The maximum atomic E-state index is 14.3. The molecule has 3 aromatic rings. The van der Waals surface area contributed by atoms with Gasteiger partial charge in [-0.05, 0) is 49.6 Å². The van der Waals surface area contributed by atoms with Crippen LogP contribution in [0.4, 0.5) is 15.9 Å². The number of aliphatic hydroxyl groups is 1. The van der Waals surface area contributed by atoms with Crippen LogP contribution in [0.25, 0.3) is 10.8 Å². The summed E-state index contributed by atoms with van der Waals surface area (Å²) in [4.78, 5) is 29.5. The second-order valence-electron chi connectivity index (χ2n) is 11.7. The van der Waals surface area contributed by atoms with Gasteiger partial charge in [0.15, 0.2) is 0 Å². The summed E-state index contributed by atoms with van der Waals surface area (Å²) in [5.41, 5.74) is 1.32. The predicted molar refractivity (Wildman–Crippen MR) is 149 cm³/mol. The van der Waals surface area contributed by atoms with Gasteiger partial charge in [-0.15, -0.1) is 0 Å². The molecule has 9 nitrogen and oxygen atoms in total. The molecule has 0 unspecified atom stereocenters. The first kappa shape index (κ1) is 25.5. The number of phenols is 1. The zero-order valence-electron chi connectivity index (χ0n) is 22.4. The molecule has 0 radical (unpaired) electrons. The normalized spacial score (nSPS) is 25.1. The third kappa shape index (κ3) is 4.25. The van der Waals surface area contributed by atoms with Gasteiger partial charge in [-0.2, -0.15) is 9.97 Å². The van der Waals surface area contributed by atoms with E-state index in [1.54, 1.807) is 17.0 Å². The highest BCUT2D eigenvalue weighted by molar-refractivity contribution is 6.16. The number of alkyl halides is 1. The minimum absolute atomic E-state index is 0.0852. The van der Waals surface area contributed by atoms with E-state index in [0.717, 1.165) is 43.0 Å². The zero-order valence-corrected chi connectivity index (χ0v) is 22.4. The lowest BCUT2D eigenvalue weighted by atomic mass is 9.95. The number of aromatic nitrogens is 2. The van der Waals surface area contributed by atoms with Crippen molar-refractivity contribution in [3.63, 3.8) is 0 Å². The van der Waals surface area contributed by atoms with Gasteiger partial charge in [0.25, 0.3) is 5.91 Å². The lowest BCUT2D eigenvalue weighted by Gasteiger charge is -2.33. The highest BCUT2D eigenvalue weighted by Crippen LogP contribution is 2.42. The van der Waals surface area contributed by atoms with Gasteiger partial charge < -0.3 is 24.7 Å². The largest absolute Gasteiger partial charge is 0.508 e. The number of phenolic OH excluding ortho intramolecular Hbond substituents is 1. The Labute approximate surface area is 232 Å². The van der Waals surface area contributed by atoms with Gasteiger partial charge in [0.05, 0.1) is 23.5 Å². The number of rotatable bonds is 6. The average Bonchev–Trinajstić information content (AvgIpc) is 3.60. The van der Waals surface area contributed by atoms with Crippen molar-refractivity contribution in [3.05, 3.63) is 47.7 Å². The fourth-order valence-corrected chi connectivity index (χ4v) is 7.12. The van der Waals surface area contributed by atoms with Gasteiger partial charge in [-0.1, -0.05) is 24.3 Å². The highest BCUT2D eigenvalue weighted by Gasteiger charge is 2.49. The number of benzene rings is 2. The molecule has 2 N–H and O–H groups in total. The quantitative estimate of drug-likeness (QED) is 0.482. The third-order valence-electron chi connectivity index (χ3n) is 9.23. The van der Waals surface area contributed by atoms with Crippen molar-refractivity contribution in [1.29, 1.82) is 0 Å². The van der Waals surface area contributed by atoms with Gasteiger partial charge in [0.2, 0.25) is 0 Å². The molecule has 7 rings (SSSR count). The fourth-order valence-electron chi connectivity index (χ4n) is 7.12. The van der Waals surface area contributed by atoms with E-state index in [-0.39, 0.29) is 42.3 Å². The molecule has 210 valence electrons. The van der Waals surface area contributed by atoms with Crippen molar-refractivity contribution in [1.82, 2.24) is 14.9 Å². The minimum Gasteiger partial charge on any atom is -0.508 e. The van der Waals surface area contributed by atoms with E-state index in [0.29, 0.717) is 55.4 Å². The van der Waals surface area contributed by atoms with E-state index in [1.165, 1.54) is 0 Å². The Kier molecular flexibility index (Phi) is 6.27. The summed E-state index contributed by atoms with van der Waals surface area (Å²) in [7, 11) is 0. The van der Waals surface area contributed by atoms with Crippen LogP contribution in [-0.4, -0.2) is 82.1 Å². The van der Waals surface area contributed by atoms with Crippen LogP contribution in [0.5, 0.6) is 11.8 Å². The summed E-state index contributed by atoms with van der Waals surface area (Å²) < 4.78 is 20.6. The molecule has 0 aliphatic carbocycles. The van der Waals surface area contributed by atoms with Crippen LogP contribution in [-0.2, 0) is 6.54 Å². The molecule has 0 bridgehead atoms. The lowest BCUT2D eigenvalue weighted by molar-refractivity contribution is 0.0995. The number of piperidine rings is 1. The third-order valence-corrected chi connectivity index (χ3v) is 9.23. The molecular formula is C30H34FN5O4. The molecular weight excluding hydrogens is 513 g/mol. The lowest BCUT2D eigenvalue weighted by Crippen LogP contribution is -2.43. The molecule has 10 heteroatoms. The first-order valence-corrected chi connectivity index (χ1v) is 14.3. The Bertz CT molecular complexity index is 1460. The van der Waals surface area contributed by atoms with E-state index in [1.807, 2.05) is 24.3 Å². The van der Waals surface area contributed by atoms with Crippen LogP contribution in [0, 0.1) is 5.92 Å². The molecule has 0 saturated carbocycles. The smallest absolute Gasteiger partial charge is 0.318 e. The molecule has 3 saturated heterocycles. The van der Waals surface area contributed by atoms with E-state index >= 15 is 0 Å². The molecule has 1 aromatic heterocycles. The number of amides is 1. The summed E-state index contributed by atoms with van der Waals surface area (Å²) in [5, 5.41) is 21.8. The standard InChI is InChI=1S/C30H34FN5O4/c31-21-14-30(8-3-9-35(30)15-21)18-40-29-32-24-16-36(25-13-22(38)12-20-4-1-2-5-23(20)25)28(39)26(24)27(33-29)34-10-6-19(17-37)7-11-34/h1-2,4-5,12-13,19,21,37-38H,3,6-11,14-18H2/t21-,30+/m0/s1. The number of hydrogen-bond acceptors (Lipinski definition) is 8. The van der Waals surface area contributed by atoms with Crippen molar-refractivity contribution in [2.45, 2.75) is 50.4 Å². The molecule has 4 aliphatic heterocycles. The number of carbonyl (C=O) groups is 1. The number of fused-ring (bicyclic) bond motifs is 3. The van der Waals surface area contributed by atoms with Gasteiger partial charge in [-0.25, -0.2) is 4.39 Å². The number of anilines is 2. The van der Waals surface area contributed by atoms with E-state index in [4.69, 9.17) is 14.7 Å². The van der Waals surface area contributed by atoms with Crippen molar-refractivity contribution in [3.8, 4) is 11.8 Å². The van der Waals surface area contributed by atoms with Crippen molar-refractivity contribution < 1.29 is 24.1 Å². The maximum absolute atomic E-state index is 14.3. The Morgan fingerprint density at radius 1 is 1.12 bits per heavy atom. The first-order valence-electron chi connectivity index (χ1n) is 14.3. The number of aromatic hydroxyl groups is 1. The summed E-state index contributed by atoms with van der Waals surface area (Å²) in [6.45, 7) is 3.34. The second kappa shape index (κ2) is 9.85. The van der Waals surface area contributed by atoms with Crippen LogP contribution in [0.3, 0.4) is 0 Å². The van der Waals surface area contributed by atoms with Crippen LogP contribution in [0.15, 0.2) is 36.4 Å². The SMILES string of the molecule is O=C1c2c(nc(OC[C@]34CCCN3C[C@@H](F)C4)nc2N2CCC(CO)CC2)CN1c1cc(O)cc2ccccc12. The number of aliphatic hydroxyl groups excluding tert-OH is 1. The second-order valence-corrected chi connectivity index (χ2v) is 11.7. The first-order chi connectivity index (χ1) is 19.4. The average molecular weight is 548 g/mol. The van der Waals surface area contributed by atoms with E-state index in [2.05, 4.69) is 9.80 Å². The predicted octanol–water partition coefficient (Wildman–Crippen LogP) is 3.66. The maximum Gasteiger partial charge on any atom is 0.318 e. The highest BCUT2D eigenvalue weighted by atomic mass is 19.1. The number of carbonyl (C=O) groups excluding carboxylic acids is 1. The van der Waals surface area contributed by atoms with Crippen molar-refractivity contribution >= 4 is 28.2 Å². The molecule has 4 aliphatic rings. The molecule has 3 fully saturated rings. The molecule has 1 amide bonds. The summed E-state index contributed by atoms with van der Waals surface area (Å²) in [5.74, 6) is 0.648. The van der Waals surface area contributed by atoms with Gasteiger partial charge in [0, 0.05) is 44.1 Å². The van der Waals surface area contributed by atoms with Gasteiger partial charge in [0.1, 0.15) is 29.9 Å². The Morgan fingerprint density at radius 3 is 2.77 bits per heavy atom. The Morgan fingerprint density at radius 2 is 1.95 bits per heavy atom. The van der Waals surface area contributed by atoms with Crippen LogP contribution in [0.2, 0.25) is 0 Å². The number of halogens is 1. The molecule has 0 spiro atoms. The van der Waals surface area contributed by atoms with Gasteiger partial charge in [-0.3, -0.25) is 9.69 Å². The fraction of sp³-hybridized carbons (Fsp3) is 0.500. The number of nitrogens with zero attached hydrogens (tertiary/aromatic N) is 5. The summed E-state index contributed by atoms with van der Waals surface area (Å²) in [6.07, 6.45) is 3.12. The van der Waals surface area contributed by atoms with E-state index < -0.39 is 6.17 Å². The summed E-state index contributed by atoms with van der Waals surface area (Å²) >= 11 is 0. The molecule has 40 heavy (non-hydrogen) atoms.